The van der Waals surface area contributed by atoms with Crippen molar-refractivity contribution in [2.45, 2.75) is 30.2 Å². The van der Waals surface area contributed by atoms with E-state index < -0.39 is 15.8 Å². The van der Waals surface area contributed by atoms with E-state index in [-0.39, 0.29) is 21.1 Å². The molecule has 0 unspecified atom stereocenters. The van der Waals surface area contributed by atoms with E-state index in [0.29, 0.717) is 0 Å². The van der Waals surface area contributed by atoms with Gasteiger partial charge in [0, 0.05) is 13.1 Å². The molecule has 18 heavy (non-hydrogen) atoms. The van der Waals surface area contributed by atoms with Crippen molar-refractivity contribution < 1.29 is 12.8 Å². The van der Waals surface area contributed by atoms with Crippen LogP contribution in [-0.2, 0) is 10.0 Å². The van der Waals surface area contributed by atoms with E-state index in [9.17, 15) is 12.8 Å². The third-order valence-corrected chi connectivity index (χ3v) is 5.87. The van der Waals surface area contributed by atoms with Crippen LogP contribution in [0.25, 0.3) is 0 Å². The highest BCUT2D eigenvalue weighted by Gasteiger charge is 2.33. The maximum atomic E-state index is 13.2. The van der Waals surface area contributed by atoms with Gasteiger partial charge in [0.2, 0.25) is 10.0 Å². The lowest BCUT2D eigenvalue weighted by Crippen LogP contribution is -2.41. The molecule has 0 heterocycles. The topological polar surface area (TPSA) is 63.4 Å². The molecule has 0 spiro atoms. The molecule has 1 aromatic carbocycles. The van der Waals surface area contributed by atoms with Crippen LogP contribution in [0.15, 0.2) is 21.5 Å². The summed E-state index contributed by atoms with van der Waals surface area (Å²) in [6.45, 7) is 0. The zero-order valence-electron chi connectivity index (χ0n) is 9.86. The molecule has 0 aromatic heterocycles. The fourth-order valence-electron chi connectivity index (χ4n) is 1.87. The summed E-state index contributed by atoms with van der Waals surface area (Å²) in [5.41, 5.74) is 5.54. The Morgan fingerprint density at radius 1 is 1.44 bits per heavy atom. The molecule has 1 saturated carbocycles. The van der Waals surface area contributed by atoms with Crippen molar-refractivity contribution in [3.63, 3.8) is 0 Å². The fourth-order valence-corrected chi connectivity index (χ4v) is 3.90. The van der Waals surface area contributed by atoms with E-state index in [2.05, 4.69) is 15.9 Å². The van der Waals surface area contributed by atoms with Crippen molar-refractivity contribution >= 4 is 31.6 Å². The first-order chi connectivity index (χ1) is 8.34. The highest BCUT2D eigenvalue weighted by atomic mass is 79.9. The highest BCUT2D eigenvalue weighted by molar-refractivity contribution is 9.10. The second kappa shape index (κ2) is 4.79. The third kappa shape index (κ3) is 2.26. The number of anilines is 1. The Kier molecular flexibility index (Phi) is 3.66. The molecule has 0 amide bonds. The zero-order valence-corrected chi connectivity index (χ0v) is 12.3. The van der Waals surface area contributed by atoms with Crippen molar-refractivity contribution in [3.05, 3.63) is 22.4 Å². The summed E-state index contributed by atoms with van der Waals surface area (Å²) in [4.78, 5) is -0.0508. The van der Waals surface area contributed by atoms with Crippen LogP contribution in [-0.4, -0.2) is 25.8 Å². The number of rotatable bonds is 3. The largest absolute Gasteiger partial charge is 0.398 e. The first-order valence-corrected chi connectivity index (χ1v) is 7.80. The molecule has 0 radical (unpaired) electrons. The second-order valence-corrected chi connectivity index (χ2v) is 7.23. The molecular formula is C11H14BrFN2O2S. The van der Waals surface area contributed by atoms with E-state index in [4.69, 9.17) is 5.73 Å². The van der Waals surface area contributed by atoms with Gasteiger partial charge in [0.1, 0.15) is 10.7 Å². The summed E-state index contributed by atoms with van der Waals surface area (Å²) in [5, 5.41) is 0. The van der Waals surface area contributed by atoms with Gasteiger partial charge in [-0.15, -0.1) is 0 Å². The molecule has 1 aliphatic carbocycles. The van der Waals surface area contributed by atoms with Gasteiger partial charge >= 0.3 is 0 Å². The number of halogens is 2. The zero-order chi connectivity index (χ0) is 13.5. The van der Waals surface area contributed by atoms with Crippen LogP contribution in [0.1, 0.15) is 19.3 Å². The Balaban J connectivity index is 2.43. The molecule has 1 aliphatic rings. The molecule has 100 valence electrons. The highest BCUT2D eigenvalue weighted by Crippen LogP contribution is 2.32. The van der Waals surface area contributed by atoms with E-state index >= 15 is 0 Å². The minimum Gasteiger partial charge on any atom is -0.398 e. The van der Waals surface area contributed by atoms with Crippen molar-refractivity contribution in [1.29, 1.82) is 0 Å². The molecule has 1 fully saturated rings. The van der Waals surface area contributed by atoms with Crippen LogP contribution < -0.4 is 5.73 Å². The summed E-state index contributed by atoms with van der Waals surface area (Å²) < 4.78 is 39.4. The quantitative estimate of drug-likeness (QED) is 0.861. The SMILES string of the molecule is CN(C1CCC1)S(=O)(=O)c1cc(Br)c(F)cc1N. The second-order valence-electron chi connectivity index (χ2n) is 4.41. The number of sulfonamides is 1. The maximum Gasteiger partial charge on any atom is 0.245 e. The Labute approximate surface area is 114 Å². The number of nitrogens with zero attached hydrogens (tertiary/aromatic N) is 1. The Morgan fingerprint density at radius 3 is 2.56 bits per heavy atom. The lowest BCUT2D eigenvalue weighted by atomic mass is 9.94. The summed E-state index contributed by atoms with van der Waals surface area (Å²) >= 11 is 2.98. The number of benzene rings is 1. The lowest BCUT2D eigenvalue weighted by molar-refractivity contribution is 0.250. The Bertz CT molecular complexity index is 573. The van der Waals surface area contributed by atoms with E-state index in [1.54, 1.807) is 0 Å². The molecule has 4 nitrogen and oxygen atoms in total. The predicted octanol–water partition coefficient (Wildman–Crippen LogP) is 2.34. The molecule has 7 heteroatoms. The van der Waals surface area contributed by atoms with Gasteiger partial charge in [0.25, 0.3) is 0 Å². The number of nitrogens with two attached hydrogens (primary N) is 1. The summed E-state index contributed by atoms with van der Waals surface area (Å²) in [6, 6.07) is 2.26. The molecular weight excluding hydrogens is 323 g/mol. The van der Waals surface area contributed by atoms with Crippen LogP contribution >= 0.6 is 15.9 Å². The number of hydrogen-bond acceptors (Lipinski definition) is 3. The summed E-state index contributed by atoms with van der Waals surface area (Å²) in [6.07, 6.45) is 2.75. The van der Waals surface area contributed by atoms with Crippen molar-refractivity contribution in [1.82, 2.24) is 4.31 Å². The molecule has 0 atom stereocenters. The van der Waals surface area contributed by atoms with Crippen LogP contribution in [0, 0.1) is 5.82 Å². The minimum absolute atomic E-state index is 0.0261. The Hall–Kier alpha value is -0.660. The van der Waals surface area contributed by atoms with Crippen LogP contribution in [0.2, 0.25) is 0 Å². The maximum absolute atomic E-state index is 13.2. The van der Waals surface area contributed by atoms with Gasteiger partial charge < -0.3 is 5.73 Å². The first-order valence-electron chi connectivity index (χ1n) is 5.56. The van der Waals surface area contributed by atoms with E-state index in [0.717, 1.165) is 25.3 Å². The Morgan fingerprint density at radius 2 is 2.06 bits per heavy atom. The van der Waals surface area contributed by atoms with Crippen molar-refractivity contribution in [3.8, 4) is 0 Å². The number of hydrogen-bond donors (Lipinski definition) is 1. The van der Waals surface area contributed by atoms with Crippen LogP contribution in [0.5, 0.6) is 0 Å². The van der Waals surface area contributed by atoms with Gasteiger partial charge in [-0.25, -0.2) is 12.8 Å². The molecule has 0 bridgehead atoms. The lowest BCUT2D eigenvalue weighted by Gasteiger charge is -2.34. The molecule has 2 N–H and O–H groups in total. The van der Waals surface area contributed by atoms with Gasteiger partial charge in [-0.3, -0.25) is 0 Å². The molecule has 0 aliphatic heterocycles. The smallest absolute Gasteiger partial charge is 0.245 e. The number of nitrogen functional groups attached to an aromatic ring is 1. The standard InChI is InChI=1S/C11H14BrFN2O2S/c1-15(7-3-2-4-7)18(16,17)11-5-8(12)9(13)6-10(11)14/h5-7H,2-4,14H2,1H3. The predicted molar refractivity (Wildman–Crippen MR) is 71.1 cm³/mol. The van der Waals surface area contributed by atoms with Crippen molar-refractivity contribution in [2.75, 3.05) is 12.8 Å². The van der Waals surface area contributed by atoms with Crippen molar-refractivity contribution in [2.24, 2.45) is 0 Å². The van der Waals surface area contributed by atoms with E-state index in [1.165, 1.54) is 17.4 Å². The normalized spacial score (nSPS) is 16.9. The van der Waals surface area contributed by atoms with Gasteiger partial charge in [0.15, 0.2) is 0 Å². The monoisotopic (exact) mass is 336 g/mol. The van der Waals surface area contributed by atoms with Crippen LogP contribution in [0.4, 0.5) is 10.1 Å². The van der Waals surface area contributed by atoms with Gasteiger partial charge in [-0.05, 0) is 40.9 Å². The summed E-state index contributed by atoms with van der Waals surface area (Å²) in [5.74, 6) is -0.572. The average Bonchev–Trinajstić information content (AvgIpc) is 2.20. The fraction of sp³-hybridized carbons (Fsp3) is 0.455. The molecule has 0 saturated heterocycles. The van der Waals surface area contributed by atoms with E-state index in [1.807, 2.05) is 0 Å². The summed E-state index contributed by atoms with van der Waals surface area (Å²) in [7, 11) is -2.12. The first kappa shape index (κ1) is 13.8. The minimum atomic E-state index is -3.66. The molecule has 2 rings (SSSR count). The molecule has 1 aromatic rings. The van der Waals surface area contributed by atoms with Gasteiger partial charge in [-0.1, -0.05) is 6.42 Å². The van der Waals surface area contributed by atoms with Crippen LogP contribution in [0.3, 0.4) is 0 Å². The third-order valence-electron chi connectivity index (χ3n) is 3.30. The van der Waals surface area contributed by atoms with Gasteiger partial charge in [-0.2, -0.15) is 4.31 Å². The average molecular weight is 337 g/mol. The van der Waals surface area contributed by atoms with Gasteiger partial charge in [0.05, 0.1) is 10.2 Å².